The van der Waals surface area contributed by atoms with E-state index in [4.69, 9.17) is 4.74 Å². The van der Waals surface area contributed by atoms with Gasteiger partial charge in [-0.2, -0.15) is 0 Å². The van der Waals surface area contributed by atoms with Crippen LogP contribution >= 0.6 is 11.3 Å². The number of rotatable bonds is 4. The van der Waals surface area contributed by atoms with E-state index in [1.54, 1.807) is 18.4 Å². The van der Waals surface area contributed by atoms with Gasteiger partial charge in [-0.05, 0) is 24.6 Å². The molecule has 0 atom stereocenters. The predicted molar refractivity (Wildman–Crippen MR) is 96.1 cm³/mol. The number of aromatic nitrogens is 3. The minimum absolute atomic E-state index is 0.910. The summed E-state index contributed by atoms with van der Waals surface area (Å²) in [5.41, 5.74) is 2.34. The van der Waals surface area contributed by atoms with E-state index in [2.05, 4.69) is 32.0 Å². The number of hydrogen-bond donors (Lipinski definition) is 0. The molecular weight excluding hydrogens is 322 g/mol. The quantitative estimate of drug-likeness (QED) is 0.728. The lowest BCUT2D eigenvalue weighted by Crippen LogP contribution is -2.46. The molecule has 0 spiro atoms. The second-order valence-electron chi connectivity index (χ2n) is 6.11. The Morgan fingerprint density at radius 1 is 1.12 bits per heavy atom. The van der Waals surface area contributed by atoms with Crippen molar-refractivity contribution in [3.05, 3.63) is 41.7 Å². The van der Waals surface area contributed by atoms with Crippen molar-refractivity contribution in [3.8, 4) is 5.75 Å². The number of nitrogens with zero attached hydrogens (tertiary/aromatic N) is 5. The third-order valence-corrected chi connectivity index (χ3v) is 5.34. The molecule has 3 aromatic rings. The van der Waals surface area contributed by atoms with Gasteiger partial charge in [-0.15, -0.1) is 5.10 Å². The van der Waals surface area contributed by atoms with Crippen LogP contribution in [-0.4, -0.2) is 52.8 Å². The van der Waals surface area contributed by atoms with Gasteiger partial charge >= 0.3 is 0 Å². The molecule has 0 radical (unpaired) electrons. The molecule has 7 heteroatoms. The summed E-state index contributed by atoms with van der Waals surface area (Å²) < 4.78 is 7.10. The Balaban J connectivity index is 1.36. The average molecular weight is 343 g/mol. The molecule has 1 aliphatic heterocycles. The van der Waals surface area contributed by atoms with Gasteiger partial charge in [0.15, 0.2) is 0 Å². The van der Waals surface area contributed by atoms with E-state index in [0.29, 0.717) is 0 Å². The second-order valence-corrected chi connectivity index (χ2v) is 7.04. The Morgan fingerprint density at radius 2 is 1.88 bits per heavy atom. The molecule has 0 unspecified atom stereocenters. The molecule has 1 saturated heterocycles. The van der Waals surface area contributed by atoms with Gasteiger partial charge in [0.1, 0.15) is 5.75 Å². The maximum atomic E-state index is 5.21. The number of ether oxygens (including phenoxy) is 1. The summed E-state index contributed by atoms with van der Waals surface area (Å²) in [5, 5.41) is 5.72. The van der Waals surface area contributed by atoms with Crippen LogP contribution < -0.4 is 9.64 Å². The highest BCUT2D eigenvalue weighted by Crippen LogP contribution is 2.24. The van der Waals surface area contributed by atoms with Crippen LogP contribution in [0.25, 0.3) is 4.96 Å². The lowest BCUT2D eigenvalue weighted by atomic mass is 10.2. The first-order valence-electron chi connectivity index (χ1n) is 8.14. The molecule has 0 bridgehead atoms. The standard InChI is InChI=1S/C17H21N5OS/c1-13-11-22-16(18-13)24-17(19-22)21-9-7-20(8-10-21)12-14-3-5-15(23-2)6-4-14/h3-6,11H,7-10,12H2,1-2H3. The third-order valence-electron chi connectivity index (χ3n) is 4.36. The minimum Gasteiger partial charge on any atom is -0.497 e. The van der Waals surface area contributed by atoms with Crippen LogP contribution in [0.1, 0.15) is 11.3 Å². The predicted octanol–water partition coefficient (Wildman–Crippen LogP) is 2.43. The van der Waals surface area contributed by atoms with Crippen molar-refractivity contribution in [1.82, 2.24) is 19.5 Å². The topological polar surface area (TPSA) is 45.9 Å². The fraction of sp³-hybridized carbons (Fsp3) is 0.412. The summed E-state index contributed by atoms with van der Waals surface area (Å²) in [4.78, 5) is 10.3. The molecule has 1 fully saturated rings. The van der Waals surface area contributed by atoms with Gasteiger partial charge in [-0.25, -0.2) is 9.50 Å². The van der Waals surface area contributed by atoms with E-state index < -0.39 is 0 Å². The zero-order chi connectivity index (χ0) is 16.5. The Kier molecular flexibility index (Phi) is 4.12. The van der Waals surface area contributed by atoms with Crippen LogP contribution in [-0.2, 0) is 6.54 Å². The van der Waals surface area contributed by atoms with Crippen LogP contribution in [0.2, 0.25) is 0 Å². The first kappa shape index (κ1) is 15.4. The zero-order valence-electron chi connectivity index (χ0n) is 14.0. The molecule has 1 aliphatic rings. The summed E-state index contributed by atoms with van der Waals surface area (Å²) in [6, 6.07) is 8.34. The molecule has 24 heavy (non-hydrogen) atoms. The fourth-order valence-corrected chi connectivity index (χ4v) is 3.99. The first-order chi connectivity index (χ1) is 11.7. The SMILES string of the molecule is COc1ccc(CN2CCN(c3nn4cc(C)nc4s3)CC2)cc1. The van der Waals surface area contributed by atoms with E-state index in [9.17, 15) is 0 Å². The summed E-state index contributed by atoms with van der Waals surface area (Å²) in [7, 11) is 1.70. The normalized spacial score (nSPS) is 16.0. The minimum atomic E-state index is 0.910. The Morgan fingerprint density at radius 3 is 2.54 bits per heavy atom. The largest absolute Gasteiger partial charge is 0.497 e. The van der Waals surface area contributed by atoms with Crippen LogP contribution in [0.15, 0.2) is 30.5 Å². The lowest BCUT2D eigenvalue weighted by molar-refractivity contribution is 0.249. The maximum Gasteiger partial charge on any atom is 0.214 e. The highest BCUT2D eigenvalue weighted by molar-refractivity contribution is 7.20. The van der Waals surface area contributed by atoms with Gasteiger partial charge in [0.2, 0.25) is 10.1 Å². The van der Waals surface area contributed by atoms with Crippen LogP contribution in [0.3, 0.4) is 0 Å². The Labute approximate surface area is 145 Å². The van der Waals surface area contributed by atoms with Gasteiger partial charge < -0.3 is 9.64 Å². The number of methoxy groups -OCH3 is 1. The molecule has 126 valence electrons. The highest BCUT2D eigenvalue weighted by atomic mass is 32.1. The van der Waals surface area contributed by atoms with E-state index in [1.807, 2.05) is 29.8 Å². The van der Waals surface area contributed by atoms with Crippen molar-refractivity contribution in [2.45, 2.75) is 13.5 Å². The van der Waals surface area contributed by atoms with Gasteiger partial charge in [0.25, 0.3) is 0 Å². The molecule has 0 amide bonds. The molecule has 0 N–H and O–H groups in total. The Hall–Kier alpha value is -2.12. The van der Waals surface area contributed by atoms with Crippen molar-refractivity contribution < 1.29 is 4.74 Å². The number of anilines is 1. The smallest absolute Gasteiger partial charge is 0.214 e. The van der Waals surface area contributed by atoms with Crippen LogP contribution in [0.4, 0.5) is 5.13 Å². The molecule has 0 aliphatic carbocycles. The second kappa shape index (κ2) is 6.41. The Bertz CT molecular complexity index is 786. The summed E-state index contributed by atoms with van der Waals surface area (Å²) in [6.07, 6.45) is 1.98. The number of imidazole rings is 1. The van der Waals surface area contributed by atoms with Gasteiger partial charge in [0, 0.05) is 32.7 Å². The fourth-order valence-electron chi connectivity index (χ4n) is 3.01. The lowest BCUT2D eigenvalue weighted by Gasteiger charge is -2.34. The first-order valence-corrected chi connectivity index (χ1v) is 8.96. The van der Waals surface area contributed by atoms with Crippen LogP contribution in [0.5, 0.6) is 5.75 Å². The van der Waals surface area contributed by atoms with Gasteiger partial charge in [-0.3, -0.25) is 4.90 Å². The molecule has 3 heterocycles. The van der Waals surface area contributed by atoms with E-state index >= 15 is 0 Å². The number of fused-ring (bicyclic) bond motifs is 1. The number of hydrogen-bond acceptors (Lipinski definition) is 6. The van der Waals surface area contributed by atoms with Crippen molar-refractivity contribution in [1.29, 1.82) is 0 Å². The van der Waals surface area contributed by atoms with Crippen molar-refractivity contribution in [2.75, 3.05) is 38.2 Å². The summed E-state index contributed by atoms with van der Waals surface area (Å²) >= 11 is 1.67. The number of piperazine rings is 1. The number of benzene rings is 1. The van der Waals surface area contributed by atoms with Crippen molar-refractivity contribution in [3.63, 3.8) is 0 Å². The molecule has 1 aromatic carbocycles. The van der Waals surface area contributed by atoms with Crippen LogP contribution in [0, 0.1) is 6.92 Å². The molecule has 0 saturated carbocycles. The van der Waals surface area contributed by atoms with Gasteiger partial charge in [0.05, 0.1) is 19.0 Å². The zero-order valence-corrected chi connectivity index (χ0v) is 14.8. The maximum absolute atomic E-state index is 5.21. The highest BCUT2D eigenvalue weighted by Gasteiger charge is 2.20. The van der Waals surface area contributed by atoms with E-state index in [-0.39, 0.29) is 0 Å². The van der Waals surface area contributed by atoms with E-state index in [1.165, 1.54) is 5.56 Å². The van der Waals surface area contributed by atoms with Crippen molar-refractivity contribution >= 4 is 21.4 Å². The summed E-state index contributed by atoms with van der Waals surface area (Å²) in [5.74, 6) is 0.910. The monoisotopic (exact) mass is 343 g/mol. The average Bonchev–Trinajstić information content (AvgIpc) is 3.13. The molecule has 6 nitrogen and oxygen atoms in total. The molecule has 2 aromatic heterocycles. The van der Waals surface area contributed by atoms with E-state index in [0.717, 1.165) is 54.3 Å². The van der Waals surface area contributed by atoms with Gasteiger partial charge in [-0.1, -0.05) is 23.5 Å². The molecule has 4 rings (SSSR count). The molecular formula is C17H21N5OS. The third kappa shape index (κ3) is 3.09. The van der Waals surface area contributed by atoms with Crippen molar-refractivity contribution in [2.24, 2.45) is 0 Å². The number of aryl methyl sites for hydroxylation is 1. The summed E-state index contributed by atoms with van der Waals surface area (Å²) in [6.45, 7) is 7.09.